The summed E-state index contributed by atoms with van der Waals surface area (Å²) in [6.45, 7) is 0. The van der Waals surface area contributed by atoms with Gasteiger partial charge < -0.3 is 5.32 Å². The first-order valence-corrected chi connectivity index (χ1v) is 6.55. The van der Waals surface area contributed by atoms with Gasteiger partial charge in [0, 0.05) is 23.4 Å². The predicted octanol–water partition coefficient (Wildman–Crippen LogP) is 1.59. The van der Waals surface area contributed by atoms with Gasteiger partial charge in [0.15, 0.2) is 5.82 Å². The van der Waals surface area contributed by atoms with E-state index in [4.69, 9.17) is 0 Å². The molecular formula is C10H15N3OS. The number of anilines is 1. The Bertz CT molecular complexity index is 362. The van der Waals surface area contributed by atoms with Gasteiger partial charge in [0.2, 0.25) is 5.91 Å². The molecule has 0 radical (unpaired) electrons. The minimum absolute atomic E-state index is 0.0607. The van der Waals surface area contributed by atoms with Gasteiger partial charge in [-0.3, -0.25) is 9.89 Å². The van der Waals surface area contributed by atoms with Crippen molar-refractivity contribution in [3.8, 4) is 0 Å². The van der Waals surface area contributed by atoms with E-state index in [1.54, 1.807) is 11.8 Å². The summed E-state index contributed by atoms with van der Waals surface area (Å²) in [6.07, 6.45) is 5.81. The van der Waals surface area contributed by atoms with Crippen LogP contribution in [-0.4, -0.2) is 28.1 Å². The largest absolute Gasteiger partial charge is 0.309 e. The van der Waals surface area contributed by atoms with Crippen molar-refractivity contribution in [2.24, 2.45) is 0 Å². The molecule has 0 saturated carbocycles. The number of nitrogens with zero attached hydrogens (tertiary/aromatic N) is 1. The Hall–Kier alpha value is -0.970. The SMILES string of the molecule is CSCCC(=O)Nc1n[nH]c2c1CCC2. The summed E-state index contributed by atoms with van der Waals surface area (Å²) in [6, 6.07) is 0. The number of hydrogen-bond donors (Lipinski definition) is 2. The maximum absolute atomic E-state index is 11.5. The Morgan fingerprint density at radius 1 is 1.60 bits per heavy atom. The summed E-state index contributed by atoms with van der Waals surface area (Å²) >= 11 is 1.68. The molecule has 0 spiro atoms. The smallest absolute Gasteiger partial charge is 0.226 e. The molecule has 0 saturated heterocycles. The lowest BCUT2D eigenvalue weighted by Crippen LogP contribution is -2.13. The van der Waals surface area contributed by atoms with Crippen LogP contribution in [0, 0.1) is 0 Å². The summed E-state index contributed by atoms with van der Waals surface area (Å²) in [7, 11) is 0. The molecule has 15 heavy (non-hydrogen) atoms. The third-order valence-corrected chi connectivity index (χ3v) is 3.21. The Morgan fingerprint density at radius 3 is 3.27 bits per heavy atom. The molecule has 1 aliphatic carbocycles. The van der Waals surface area contributed by atoms with E-state index in [1.165, 1.54) is 11.3 Å². The summed E-state index contributed by atoms with van der Waals surface area (Å²) < 4.78 is 0. The number of H-pyrrole nitrogens is 1. The van der Waals surface area contributed by atoms with E-state index in [2.05, 4.69) is 15.5 Å². The molecule has 0 bridgehead atoms. The quantitative estimate of drug-likeness (QED) is 0.818. The second-order valence-corrected chi connectivity index (χ2v) is 4.66. The third-order valence-electron chi connectivity index (χ3n) is 2.60. The van der Waals surface area contributed by atoms with Gasteiger partial charge in [-0.05, 0) is 25.5 Å². The number of carbonyl (C=O) groups excluding carboxylic acids is 1. The first kappa shape index (κ1) is 10.5. The van der Waals surface area contributed by atoms with Crippen molar-refractivity contribution in [3.63, 3.8) is 0 Å². The molecule has 1 aromatic rings. The molecule has 1 aromatic heterocycles. The van der Waals surface area contributed by atoms with Crippen LogP contribution in [-0.2, 0) is 17.6 Å². The van der Waals surface area contributed by atoms with E-state index >= 15 is 0 Å². The van der Waals surface area contributed by atoms with Crippen molar-refractivity contribution in [3.05, 3.63) is 11.3 Å². The van der Waals surface area contributed by atoms with Gasteiger partial charge in [-0.25, -0.2) is 0 Å². The molecule has 2 N–H and O–H groups in total. The molecule has 0 aromatic carbocycles. The Kier molecular flexibility index (Phi) is 3.30. The van der Waals surface area contributed by atoms with Crippen molar-refractivity contribution < 1.29 is 4.79 Å². The second kappa shape index (κ2) is 4.70. The van der Waals surface area contributed by atoms with Gasteiger partial charge in [-0.2, -0.15) is 16.9 Å². The number of hydrogen-bond acceptors (Lipinski definition) is 3. The molecule has 0 fully saturated rings. The number of amides is 1. The molecule has 0 unspecified atom stereocenters. The van der Waals surface area contributed by atoms with Gasteiger partial charge in [-0.1, -0.05) is 0 Å². The standard InChI is InChI=1S/C10H15N3OS/c1-15-6-5-9(14)11-10-7-3-2-4-8(7)12-13-10/h2-6H2,1H3,(H2,11,12,13,14). The van der Waals surface area contributed by atoms with E-state index in [1.807, 2.05) is 6.26 Å². The summed E-state index contributed by atoms with van der Waals surface area (Å²) in [5.74, 6) is 1.66. The molecule has 1 aliphatic rings. The minimum atomic E-state index is 0.0607. The van der Waals surface area contributed by atoms with Crippen LogP contribution in [0.4, 0.5) is 5.82 Å². The van der Waals surface area contributed by atoms with E-state index < -0.39 is 0 Å². The average molecular weight is 225 g/mol. The lowest BCUT2D eigenvalue weighted by molar-refractivity contribution is -0.115. The molecule has 1 heterocycles. The number of aromatic nitrogens is 2. The Balaban J connectivity index is 1.96. The highest BCUT2D eigenvalue weighted by molar-refractivity contribution is 7.98. The molecule has 1 amide bonds. The van der Waals surface area contributed by atoms with Crippen LogP contribution in [0.5, 0.6) is 0 Å². The first-order valence-electron chi connectivity index (χ1n) is 5.16. The van der Waals surface area contributed by atoms with Gasteiger partial charge in [0.1, 0.15) is 0 Å². The highest BCUT2D eigenvalue weighted by atomic mass is 32.2. The topological polar surface area (TPSA) is 57.8 Å². The Morgan fingerprint density at radius 2 is 2.47 bits per heavy atom. The van der Waals surface area contributed by atoms with Gasteiger partial charge in [-0.15, -0.1) is 0 Å². The van der Waals surface area contributed by atoms with Crippen molar-refractivity contribution in [1.29, 1.82) is 0 Å². The molecule has 5 heteroatoms. The molecule has 0 atom stereocenters. The number of thioether (sulfide) groups is 1. The fraction of sp³-hybridized carbons (Fsp3) is 0.600. The van der Waals surface area contributed by atoms with Crippen LogP contribution in [0.2, 0.25) is 0 Å². The van der Waals surface area contributed by atoms with Gasteiger partial charge in [0.25, 0.3) is 0 Å². The average Bonchev–Trinajstić information content (AvgIpc) is 2.80. The summed E-state index contributed by atoms with van der Waals surface area (Å²) in [5.41, 5.74) is 2.39. The molecule has 2 rings (SSSR count). The minimum Gasteiger partial charge on any atom is -0.309 e. The zero-order valence-electron chi connectivity index (χ0n) is 8.80. The zero-order chi connectivity index (χ0) is 10.7. The maximum atomic E-state index is 11.5. The van der Waals surface area contributed by atoms with Crippen LogP contribution in [0.15, 0.2) is 0 Å². The maximum Gasteiger partial charge on any atom is 0.226 e. The third kappa shape index (κ3) is 2.34. The van der Waals surface area contributed by atoms with Crippen molar-refractivity contribution in [2.75, 3.05) is 17.3 Å². The van der Waals surface area contributed by atoms with Crippen LogP contribution in [0.1, 0.15) is 24.1 Å². The fourth-order valence-electron chi connectivity index (χ4n) is 1.81. The van der Waals surface area contributed by atoms with E-state index in [0.717, 1.165) is 30.8 Å². The lowest BCUT2D eigenvalue weighted by atomic mass is 10.2. The molecule has 0 aliphatic heterocycles. The normalized spacial score (nSPS) is 13.9. The summed E-state index contributed by atoms with van der Waals surface area (Å²) in [5, 5.41) is 9.96. The lowest BCUT2D eigenvalue weighted by Gasteiger charge is -2.02. The monoisotopic (exact) mass is 225 g/mol. The van der Waals surface area contributed by atoms with Crippen molar-refractivity contribution in [1.82, 2.24) is 10.2 Å². The van der Waals surface area contributed by atoms with Gasteiger partial charge in [0.05, 0.1) is 0 Å². The van der Waals surface area contributed by atoms with Gasteiger partial charge >= 0.3 is 0 Å². The first-order chi connectivity index (χ1) is 7.31. The van der Waals surface area contributed by atoms with Crippen LogP contribution in [0.3, 0.4) is 0 Å². The number of rotatable bonds is 4. The van der Waals surface area contributed by atoms with Crippen LogP contribution in [0.25, 0.3) is 0 Å². The molecule has 82 valence electrons. The van der Waals surface area contributed by atoms with E-state index in [-0.39, 0.29) is 5.91 Å². The number of fused-ring (bicyclic) bond motifs is 1. The van der Waals surface area contributed by atoms with Crippen LogP contribution >= 0.6 is 11.8 Å². The second-order valence-electron chi connectivity index (χ2n) is 3.67. The molecular weight excluding hydrogens is 210 g/mol. The van der Waals surface area contributed by atoms with Crippen molar-refractivity contribution in [2.45, 2.75) is 25.7 Å². The molecule has 4 nitrogen and oxygen atoms in total. The van der Waals surface area contributed by atoms with E-state index in [0.29, 0.717) is 6.42 Å². The number of aromatic amines is 1. The number of carbonyl (C=O) groups is 1. The zero-order valence-corrected chi connectivity index (χ0v) is 9.62. The summed E-state index contributed by atoms with van der Waals surface area (Å²) in [4.78, 5) is 11.5. The highest BCUT2D eigenvalue weighted by Gasteiger charge is 2.19. The highest BCUT2D eigenvalue weighted by Crippen LogP contribution is 2.26. The number of aryl methyl sites for hydroxylation is 1. The van der Waals surface area contributed by atoms with Crippen molar-refractivity contribution >= 4 is 23.5 Å². The Labute approximate surface area is 93.2 Å². The predicted molar refractivity (Wildman–Crippen MR) is 62.2 cm³/mol. The number of nitrogens with one attached hydrogen (secondary N) is 2. The fourth-order valence-corrected chi connectivity index (χ4v) is 2.20. The van der Waals surface area contributed by atoms with Crippen LogP contribution < -0.4 is 5.32 Å². The van der Waals surface area contributed by atoms with E-state index in [9.17, 15) is 4.79 Å².